The predicted octanol–water partition coefficient (Wildman–Crippen LogP) is 6.08. The second-order valence-corrected chi connectivity index (χ2v) is 9.35. The Morgan fingerprint density at radius 1 is 1.10 bits per heavy atom. The molecule has 5 aromatic rings. The number of hydrogen-bond donors (Lipinski definition) is 3. The van der Waals surface area contributed by atoms with Gasteiger partial charge < -0.3 is 25.5 Å². The van der Waals surface area contributed by atoms with Gasteiger partial charge in [0.25, 0.3) is 0 Å². The van der Waals surface area contributed by atoms with Gasteiger partial charge in [-0.15, -0.1) is 0 Å². The number of nitrogens with two attached hydrogens (primary N) is 1. The number of pyridine rings is 1. The number of halogens is 1. The van der Waals surface area contributed by atoms with Gasteiger partial charge in [-0.1, -0.05) is 30.3 Å². The minimum atomic E-state index is -0.559. The average molecular weight is 540 g/mol. The van der Waals surface area contributed by atoms with Gasteiger partial charge in [0, 0.05) is 36.8 Å². The van der Waals surface area contributed by atoms with Crippen LogP contribution < -0.4 is 15.8 Å². The fourth-order valence-corrected chi connectivity index (χ4v) is 4.77. The van der Waals surface area contributed by atoms with Crippen LogP contribution in [-0.2, 0) is 11.3 Å². The van der Waals surface area contributed by atoms with Gasteiger partial charge in [0.15, 0.2) is 11.6 Å². The number of rotatable bonds is 7. The van der Waals surface area contributed by atoms with Crippen LogP contribution in [0.2, 0.25) is 0 Å². The third-order valence-corrected chi connectivity index (χ3v) is 6.64. The van der Waals surface area contributed by atoms with E-state index in [1.807, 2.05) is 36.4 Å². The van der Waals surface area contributed by atoms with Gasteiger partial charge in [-0.05, 0) is 42.7 Å². The molecule has 40 heavy (non-hydrogen) atoms. The first-order valence-corrected chi connectivity index (χ1v) is 12.8. The molecule has 1 unspecified atom stereocenters. The molecule has 4 heterocycles. The van der Waals surface area contributed by atoms with E-state index in [1.54, 1.807) is 35.5 Å². The summed E-state index contributed by atoms with van der Waals surface area (Å²) in [6.45, 7) is 0.730. The van der Waals surface area contributed by atoms with Gasteiger partial charge in [-0.2, -0.15) is 4.98 Å². The third kappa shape index (κ3) is 5.35. The number of carbonyl (C=O) groups excluding carboxylic acids is 1. The minimum absolute atomic E-state index is 0.0399. The lowest BCUT2D eigenvalue weighted by atomic mass is 10.1. The molecule has 1 fully saturated rings. The molecular formula is C29H26FN7O3. The summed E-state index contributed by atoms with van der Waals surface area (Å²) in [5.41, 5.74) is 8.60. The van der Waals surface area contributed by atoms with Crippen LogP contribution >= 0.6 is 0 Å². The normalized spacial score (nSPS) is 14.8. The highest BCUT2D eigenvalue weighted by Crippen LogP contribution is 2.34. The first-order chi connectivity index (χ1) is 19.5. The summed E-state index contributed by atoms with van der Waals surface area (Å²) in [6.07, 6.45) is 4.43. The molecule has 1 saturated heterocycles. The SMILES string of the molecule is Nc1nc(Nc2ccc(Oc3ccnc4[nH]ccc34)c(F)c2)cc(C2CCCN2C(=O)OCc2ccccc2)n1. The Labute approximate surface area is 229 Å². The fraction of sp³-hybridized carbons (Fsp3) is 0.172. The number of nitrogens with zero attached hydrogens (tertiary/aromatic N) is 4. The number of likely N-dealkylation sites (tertiary alicyclic amines) is 1. The molecule has 202 valence electrons. The predicted molar refractivity (Wildman–Crippen MR) is 148 cm³/mol. The zero-order valence-electron chi connectivity index (χ0n) is 21.4. The van der Waals surface area contributed by atoms with Crippen molar-refractivity contribution < 1.29 is 18.7 Å². The summed E-state index contributed by atoms with van der Waals surface area (Å²) in [4.78, 5) is 30.4. The highest BCUT2D eigenvalue weighted by Gasteiger charge is 2.32. The lowest BCUT2D eigenvalue weighted by molar-refractivity contribution is 0.0915. The Morgan fingerprint density at radius 2 is 1.98 bits per heavy atom. The van der Waals surface area contributed by atoms with E-state index in [1.165, 1.54) is 12.1 Å². The molecular weight excluding hydrogens is 513 g/mol. The Hall–Kier alpha value is -5.19. The molecule has 1 aliphatic rings. The molecule has 1 aliphatic heterocycles. The number of anilines is 3. The van der Waals surface area contributed by atoms with E-state index in [0.29, 0.717) is 41.6 Å². The van der Waals surface area contributed by atoms with Crippen LogP contribution in [0.4, 0.5) is 26.6 Å². The van der Waals surface area contributed by atoms with Crippen molar-refractivity contribution in [2.45, 2.75) is 25.5 Å². The van der Waals surface area contributed by atoms with Gasteiger partial charge in [0.05, 0.1) is 17.1 Å². The summed E-state index contributed by atoms with van der Waals surface area (Å²) < 4.78 is 26.4. The second kappa shape index (κ2) is 10.9. The highest BCUT2D eigenvalue weighted by molar-refractivity contribution is 5.82. The Morgan fingerprint density at radius 3 is 2.83 bits per heavy atom. The monoisotopic (exact) mass is 539 g/mol. The van der Waals surface area contributed by atoms with E-state index in [2.05, 4.69) is 25.3 Å². The lowest BCUT2D eigenvalue weighted by Gasteiger charge is -2.24. The van der Waals surface area contributed by atoms with Crippen LogP contribution in [0.15, 0.2) is 79.1 Å². The summed E-state index contributed by atoms with van der Waals surface area (Å²) in [5.74, 6) is 0.414. The number of aromatic amines is 1. The van der Waals surface area contributed by atoms with Gasteiger partial charge in [0.2, 0.25) is 5.95 Å². The van der Waals surface area contributed by atoms with Crippen LogP contribution in [0.1, 0.15) is 30.1 Å². The van der Waals surface area contributed by atoms with Gasteiger partial charge >= 0.3 is 6.09 Å². The number of amides is 1. The zero-order chi connectivity index (χ0) is 27.5. The van der Waals surface area contributed by atoms with Crippen molar-refractivity contribution in [3.8, 4) is 11.5 Å². The minimum Gasteiger partial charge on any atom is -0.453 e. The average Bonchev–Trinajstić information content (AvgIpc) is 3.64. The van der Waals surface area contributed by atoms with Crippen molar-refractivity contribution in [2.24, 2.45) is 0 Å². The molecule has 3 aromatic heterocycles. The van der Waals surface area contributed by atoms with Gasteiger partial charge in [-0.3, -0.25) is 4.90 Å². The Kier molecular flexibility index (Phi) is 6.84. The number of nitrogens with one attached hydrogen (secondary N) is 2. The van der Waals surface area contributed by atoms with Crippen LogP contribution in [0, 0.1) is 5.82 Å². The lowest BCUT2D eigenvalue weighted by Crippen LogP contribution is -2.31. The Balaban J connectivity index is 1.16. The number of hydrogen-bond acceptors (Lipinski definition) is 8. The standard InChI is InChI=1S/C29H26FN7O3/c30-21-15-19(8-9-25(21)40-24-11-13-33-27-20(24)10-12-32-27)34-26-16-22(35-28(31)36-26)23-7-4-14-37(23)29(38)39-17-18-5-2-1-3-6-18/h1-3,5-6,8-13,15-16,23H,4,7,14,17H2,(H,32,33)(H3,31,34,35,36). The van der Waals surface area contributed by atoms with E-state index in [9.17, 15) is 4.79 Å². The van der Waals surface area contributed by atoms with Crippen LogP contribution in [-0.4, -0.2) is 37.5 Å². The van der Waals surface area contributed by atoms with E-state index in [-0.39, 0.29) is 24.3 Å². The third-order valence-electron chi connectivity index (χ3n) is 6.64. The van der Waals surface area contributed by atoms with E-state index < -0.39 is 11.9 Å². The topological polar surface area (TPSA) is 131 Å². The van der Waals surface area contributed by atoms with Crippen LogP contribution in [0.5, 0.6) is 11.5 Å². The number of fused-ring (bicyclic) bond motifs is 1. The fourth-order valence-electron chi connectivity index (χ4n) is 4.77. The molecule has 0 spiro atoms. The number of H-pyrrole nitrogens is 1. The molecule has 2 aromatic carbocycles. The van der Waals surface area contributed by atoms with Crippen LogP contribution in [0.25, 0.3) is 11.0 Å². The largest absolute Gasteiger partial charge is 0.453 e. The van der Waals surface area contributed by atoms with E-state index in [0.717, 1.165) is 17.4 Å². The molecule has 0 radical (unpaired) electrons. The molecule has 0 saturated carbocycles. The quantitative estimate of drug-likeness (QED) is 0.227. The van der Waals surface area contributed by atoms with Crippen molar-refractivity contribution >= 4 is 34.6 Å². The Bertz CT molecular complexity index is 1660. The molecule has 4 N–H and O–H groups in total. The smallest absolute Gasteiger partial charge is 0.410 e. The van der Waals surface area contributed by atoms with E-state index >= 15 is 4.39 Å². The maximum Gasteiger partial charge on any atom is 0.410 e. The maximum absolute atomic E-state index is 15.0. The highest BCUT2D eigenvalue weighted by atomic mass is 19.1. The summed E-state index contributed by atoms with van der Waals surface area (Å²) in [5, 5.41) is 3.83. The number of carbonyl (C=O) groups is 1. The first kappa shape index (κ1) is 25.1. The second-order valence-electron chi connectivity index (χ2n) is 9.35. The molecule has 0 aliphatic carbocycles. The van der Waals surface area contributed by atoms with Crippen molar-refractivity contribution in [3.05, 3.63) is 96.2 Å². The number of nitrogen functional groups attached to an aromatic ring is 1. The molecule has 11 heteroatoms. The van der Waals surface area contributed by atoms with Crippen molar-refractivity contribution in [1.29, 1.82) is 0 Å². The van der Waals surface area contributed by atoms with Crippen molar-refractivity contribution in [3.63, 3.8) is 0 Å². The summed E-state index contributed by atoms with van der Waals surface area (Å²) in [6, 6.07) is 18.9. The van der Waals surface area contributed by atoms with Gasteiger partial charge in [0.1, 0.15) is 23.8 Å². The summed E-state index contributed by atoms with van der Waals surface area (Å²) in [7, 11) is 0. The van der Waals surface area contributed by atoms with Crippen molar-refractivity contribution in [2.75, 3.05) is 17.6 Å². The first-order valence-electron chi connectivity index (χ1n) is 12.8. The summed E-state index contributed by atoms with van der Waals surface area (Å²) >= 11 is 0. The number of aromatic nitrogens is 4. The van der Waals surface area contributed by atoms with Crippen LogP contribution in [0.3, 0.4) is 0 Å². The molecule has 1 atom stereocenters. The van der Waals surface area contributed by atoms with Crippen molar-refractivity contribution in [1.82, 2.24) is 24.8 Å². The molecule has 10 nitrogen and oxygen atoms in total. The molecule has 6 rings (SSSR count). The zero-order valence-corrected chi connectivity index (χ0v) is 21.4. The maximum atomic E-state index is 15.0. The number of ether oxygens (including phenoxy) is 2. The molecule has 1 amide bonds. The van der Waals surface area contributed by atoms with Gasteiger partial charge in [-0.25, -0.2) is 19.2 Å². The molecule has 0 bridgehead atoms. The number of benzene rings is 2. The van der Waals surface area contributed by atoms with E-state index in [4.69, 9.17) is 15.2 Å².